The van der Waals surface area contributed by atoms with Crippen molar-refractivity contribution in [3.63, 3.8) is 0 Å². The standard InChI is InChI=1S/C19H22N8/c1-12(2)27-25-18(24-26-27)13-3-5-14(6-4-13)19(21,10-20)15-7-8-16-17(9-15)23-11-22-16/h3-9,11-12H,10,20-21H2,1-2H3,(H,22,23). The van der Waals surface area contributed by atoms with Gasteiger partial charge >= 0.3 is 0 Å². The van der Waals surface area contributed by atoms with Crippen molar-refractivity contribution in [1.82, 2.24) is 30.2 Å². The molecule has 0 aliphatic rings. The summed E-state index contributed by atoms with van der Waals surface area (Å²) in [6.45, 7) is 4.29. The van der Waals surface area contributed by atoms with Gasteiger partial charge in [-0.2, -0.15) is 4.80 Å². The van der Waals surface area contributed by atoms with Crippen molar-refractivity contribution in [1.29, 1.82) is 0 Å². The summed E-state index contributed by atoms with van der Waals surface area (Å²) in [5, 5.41) is 12.6. The zero-order chi connectivity index (χ0) is 19.0. The average molecular weight is 362 g/mol. The number of benzene rings is 2. The van der Waals surface area contributed by atoms with Gasteiger partial charge in [-0.05, 0) is 42.3 Å². The monoisotopic (exact) mass is 362 g/mol. The first-order chi connectivity index (χ1) is 13.0. The number of H-pyrrole nitrogens is 1. The van der Waals surface area contributed by atoms with Crippen LogP contribution in [0.25, 0.3) is 22.4 Å². The first kappa shape index (κ1) is 17.3. The highest BCUT2D eigenvalue weighted by atomic mass is 15.6. The Morgan fingerprint density at radius 2 is 1.85 bits per heavy atom. The van der Waals surface area contributed by atoms with Gasteiger partial charge in [-0.15, -0.1) is 10.2 Å². The van der Waals surface area contributed by atoms with E-state index in [2.05, 4.69) is 25.4 Å². The minimum atomic E-state index is -0.805. The van der Waals surface area contributed by atoms with Gasteiger partial charge in [-0.25, -0.2) is 4.98 Å². The van der Waals surface area contributed by atoms with Crippen molar-refractivity contribution in [2.75, 3.05) is 6.54 Å². The lowest BCUT2D eigenvalue weighted by atomic mass is 9.83. The molecule has 1 atom stereocenters. The van der Waals surface area contributed by atoms with Gasteiger partial charge in [-0.3, -0.25) is 0 Å². The Hall–Kier alpha value is -3.10. The molecule has 1 unspecified atom stereocenters. The lowest BCUT2D eigenvalue weighted by Gasteiger charge is -2.29. The van der Waals surface area contributed by atoms with E-state index in [4.69, 9.17) is 11.5 Å². The zero-order valence-electron chi connectivity index (χ0n) is 15.3. The maximum atomic E-state index is 6.73. The van der Waals surface area contributed by atoms with Crippen molar-refractivity contribution in [2.24, 2.45) is 11.5 Å². The van der Waals surface area contributed by atoms with Crippen LogP contribution >= 0.6 is 0 Å². The fourth-order valence-corrected chi connectivity index (χ4v) is 3.09. The molecule has 0 radical (unpaired) electrons. The highest BCUT2D eigenvalue weighted by Gasteiger charge is 2.28. The molecule has 0 saturated heterocycles. The first-order valence-corrected chi connectivity index (χ1v) is 8.84. The highest BCUT2D eigenvalue weighted by Crippen LogP contribution is 2.29. The number of fused-ring (bicyclic) bond motifs is 1. The van der Waals surface area contributed by atoms with Gasteiger partial charge in [0.05, 0.1) is 28.9 Å². The molecule has 0 aliphatic carbocycles. The van der Waals surface area contributed by atoms with Crippen LogP contribution in [-0.4, -0.2) is 36.7 Å². The molecule has 0 aliphatic heterocycles. The van der Waals surface area contributed by atoms with E-state index in [1.54, 1.807) is 11.1 Å². The number of aromatic amines is 1. The predicted molar refractivity (Wildman–Crippen MR) is 104 cm³/mol. The summed E-state index contributed by atoms with van der Waals surface area (Å²) in [5.74, 6) is 0.587. The summed E-state index contributed by atoms with van der Waals surface area (Å²) in [4.78, 5) is 8.96. The van der Waals surface area contributed by atoms with Gasteiger partial charge in [0.2, 0.25) is 5.82 Å². The molecule has 138 valence electrons. The SMILES string of the molecule is CC(C)n1nnc(-c2ccc(C(N)(CN)c3ccc4nc[nH]c4c3)cc2)n1. The highest BCUT2D eigenvalue weighted by molar-refractivity contribution is 5.75. The second kappa shape index (κ2) is 6.57. The molecule has 2 aromatic carbocycles. The minimum Gasteiger partial charge on any atom is -0.345 e. The Kier molecular flexibility index (Phi) is 4.21. The molecule has 5 N–H and O–H groups in total. The summed E-state index contributed by atoms with van der Waals surface area (Å²) < 4.78 is 0. The van der Waals surface area contributed by atoms with Gasteiger partial charge in [0.1, 0.15) is 0 Å². The second-order valence-corrected chi connectivity index (χ2v) is 6.91. The van der Waals surface area contributed by atoms with E-state index in [9.17, 15) is 0 Å². The van der Waals surface area contributed by atoms with Gasteiger partial charge in [0.15, 0.2) is 0 Å². The number of rotatable bonds is 5. The third-order valence-electron chi connectivity index (χ3n) is 4.81. The van der Waals surface area contributed by atoms with Crippen LogP contribution in [0.2, 0.25) is 0 Å². The van der Waals surface area contributed by atoms with Crippen molar-refractivity contribution in [2.45, 2.75) is 25.4 Å². The number of nitrogens with zero attached hydrogens (tertiary/aromatic N) is 5. The minimum absolute atomic E-state index is 0.164. The summed E-state index contributed by atoms with van der Waals surface area (Å²) in [5.41, 5.74) is 16.6. The van der Waals surface area contributed by atoms with E-state index in [0.717, 1.165) is 27.7 Å². The fraction of sp³-hybridized carbons (Fsp3) is 0.263. The Morgan fingerprint density at radius 3 is 2.52 bits per heavy atom. The van der Waals surface area contributed by atoms with Gasteiger partial charge in [0.25, 0.3) is 0 Å². The van der Waals surface area contributed by atoms with E-state index in [1.165, 1.54) is 0 Å². The molecule has 2 aromatic heterocycles. The maximum absolute atomic E-state index is 6.73. The average Bonchev–Trinajstić information content (AvgIpc) is 3.36. The van der Waals surface area contributed by atoms with E-state index in [1.807, 2.05) is 56.3 Å². The third-order valence-corrected chi connectivity index (χ3v) is 4.81. The van der Waals surface area contributed by atoms with Crippen molar-refractivity contribution in [3.05, 3.63) is 59.9 Å². The normalized spacial score (nSPS) is 14.0. The van der Waals surface area contributed by atoms with Gasteiger partial charge < -0.3 is 16.5 Å². The van der Waals surface area contributed by atoms with Crippen LogP contribution in [0.4, 0.5) is 0 Å². The van der Waals surface area contributed by atoms with Crippen LogP contribution in [0.5, 0.6) is 0 Å². The molecule has 2 heterocycles. The smallest absolute Gasteiger partial charge is 0.204 e. The number of nitrogens with two attached hydrogens (primary N) is 2. The van der Waals surface area contributed by atoms with Crippen LogP contribution in [0.15, 0.2) is 48.8 Å². The largest absolute Gasteiger partial charge is 0.345 e. The van der Waals surface area contributed by atoms with Crippen molar-refractivity contribution in [3.8, 4) is 11.4 Å². The van der Waals surface area contributed by atoms with Crippen LogP contribution < -0.4 is 11.5 Å². The molecular weight excluding hydrogens is 340 g/mol. The van der Waals surface area contributed by atoms with Gasteiger partial charge in [0, 0.05) is 12.1 Å². The van der Waals surface area contributed by atoms with Crippen molar-refractivity contribution < 1.29 is 0 Å². The molecule has 8 nitrogen and oxygen atoms in total. The number of aromatic nitrogens is 6. The molecule has 27 heavy (non-hydrogen) atoms. The van der Waals surface area contributed by atoms with Crippen molar-refractivity contribution >= 4 is 11.0 Å². The van der Waals surface area contributed by atoms with Crippen LogP contribution in [0, 0.1) is 0 Å². The lowest BCUT2D eigenvalue weighted by molar-refractivity contribution is 0.455. The molecule has 0 fully saturated rings. The topological polar surface area (TPSA) is 124 Å². The summed E-state index contributed by atoms with van der Waals surface area (Å²) in [7, 11) is 0. The summed E-state index contributed by atoms with van der Waals surface area (Å²) >= 11 is 0. The number of nitrogens with one attached hydrogen (secondary N) is 1. The molecular formula is C19H22N8. The quantitative estimate of drug-likeness (QED) is 0.498. The lowest BCUT2D eigenvalue weighted by Crippen LogP contribution is -2.45. The number of imidazole rings is 1. The number of hydrogen-bond donors (Lipinski definition) is 3. The number of hydrogen-bond acceptors (Lipinski definition) is 6. The maximum Gasteiger partial charge on any atom is 0.204 e. The Balaban J connectivity index is 1.69. The second-order valence-electron chi connectivity index (χ2n) is 6.91. The molecule has 4 rings (SSSR count). The molecule has 8 heteroatoms. The predicted octanol–water partition coefficient (Wildman–Crippen LogP) is 1.96. The molecule has 0 saturated carbocycles. The van der Waals surface area contributed by atoms with Crippen LogP contribution in [0.3, 0.4) is 0 Å². The van der Waals surface area contributed by atoms with Crippen LogP contribution in [-0.2, 0) is 5.54 Å². The molecule has 0 bridgehead atoms. The summed E-state index contributed by atoms with van der Waals surface area (Å²) in [6, 6.07) is 13.9. The Morgan fingerprint density at radius 1 is 1.11 bits per heavy atom. The Labute approximate surface area is 156 Å². The van der Waals surface area contributed by atoms with E-state index >= 15 is 0 Å². The fourth-order valence-electron chi connectivity index (χ4n) is 3.09. The van der Waals surface area contributed by atoms with E-state index < -0.39 is 5.54 Å². The molecule has 0 amide bonds. The molecule has 4 aromatic rings. The zero-order valence-corrected chi connectivity index (χ0v) is 15.3. The third kappa shape index (κ3) is 2.98. The number of tetrazole rings is 1. The first-order valence-electron chi connectivity index (χ1n) is 8.84. The van der Waals surface area contributed by atoms with E-state index in [0.29, 0.717) is 5.82 Å². The molecule has 0 spiro atoms. The Bertz CT molecular complexity index is 1060. The van der Waals surface area contributed by atoms with Gasteiger partial charge in [-0.1, -0.05) is 30.3 Å². The summed E-state index contributed by atoms with van der Waals surface area (Å²) in [6.07, 6.45) is 1.67. The van der Waals surface area contributed by atoms with Crippen LogP contribution in [0.1, 0.15) is 31.0 Å². The van der Waals surface area contributed by atoms with E-state index in [-0.39, 0.29) is 12.6 Å².